The molecule has 1 aromatic heterocycles. The van der Waals surface area contributed by atoms with E-state index >= 15 is 0 Å². The summed E-state index contributed by atoms with van der Waals surface area (Å²) in [5.41, 5.74) is 0.593. The van der Waals surface area contributed by atoms with Gasteiger partial charge in [-0.25, -0.2) is 23.9 Å². The summed E-state index contributed by atoms with van der Waals surface area (Å²) in [5.74, 6) is -1.55. The number of hydrogen-bond acceptors (Lipinski definition) is 6. The number of alkyl halides is 3. The number of carbonyl (C=O) groups excluding carboxylic acids is 1. The number of halogens is 4. The van der Waals surface area contributed by atoms with E-state index in [4.69, 9.17) is 9.90 Å². The first-order valence-corrected chi connectivity index (χ1v) is 10.4. The van der Waals surface area contributed by atoms with Crippen molar-refractivity contribution in [2.45, 2.75) is 37.6 Å². The van der Waals surface area contributed by atoms with E-state index in [-0.39, 0.29) is 30.0 Å². The number of piperidine rings is 1. The van der Waals surface area contributed by atoms with Crippen molar-refractivity contribution in [1.29, 1.82) is 0 Å². The Morgan fingerprint density at radius 1 is 1.29 bits per heavy atom. The van der Waals surface area contributed by atoms with Crippen molar-refractivity contribution >= 4 is 23.6 Å². The number of carboxylic acid groups (broad SMARTS) is 1. The number of fused-ring (bicyclic) bond motifs is 1. The Labute approximate surface area is 192 Å². The molecular weight excluding hydrogens is 460 g/mol. The van der Waals surface area contributed by atoms with Crippen molar-refractivity contribution < 1.29 is 32.3 Å². The van der Waals surface area contributed by atoms with E-state index in [1.165, 1.54) is 12.4 Å². The number of amides is 2. The summed E-state index contributed by atoms with van der Waals surface area (Å²) in [6.07, 6.45) is -2.69. The molecule has 2 saturated heterocycles. The molecule has 1 aromatic carbocycles. The smallest absolute Gasteiger partial charge is 0.475 e. The summed E-state index contributed by atoms with van der Waals surface area (Å²) in [6.45, 7) is 3.43. The predicted molar refractivity (Wildman–Crippen MR) is 115 cm³/mol. The van der Waals surface area contributed by atoms with E-state index in [2.05, 4.69) is 25.5 Å². The normalized spacial score (nSPS) is 20.6. The number of benzene rings is 1. The Balaban J connectivity index is 0.000000406. The standard InChI is InChI=1S/C19H23FN6O.C2HF3O2/c1-12(13-5-3-4-6-14(13)20)23-17-9-18(22-11-21-17)26-8-7-16-15(10-26)24-19(27)25(16)2;3-2(4,5)1(6)7/h3-6,9,11-12,15-16H,7-8,10H2,1-2H3,(H,24,27)(H,21,22,23);(H,6,7)/t12?,15-,16+;/m0./s1. The first kappa shape index (κ1) is 25.0. The Hall–Kier alpha value is -3.64. The zero-order valence-corrected chi connectivity index (χ0v) is 18.4. The van der Waals surface area contributed by atoms with E-state index in [0.717, 1.165) is 18.8 Å². The zero-order chi connectivity index (χ0) is 25.0. The third-order valence-corrected chi connectivity index (χ3v) is 5.66. The fourth-order valence-corrected chi connectivity index (χ4v) is 3.89. The summed E-state index contributed by atoms with van der Waals surface area (Å²) >= 11 is 0. The van der Waals surface area contributed by atoms with E-state index in [1.54, 1.807) is 17.0 Å². The Morgan fingerprint density at radius 3 is 2.62 bits per heavy atom. The Morgan fingerprint density at radius 2 is 1.97 bits per heavy atom. The van der Waals surface area contributed by atoms with E-state index < -0.39 is 12.1 Å². The number of hydrogen-bond donors (Lipinski definition) is 3. The van der Waals surface area contributed by atoms with Gasteiger partial charge in [-0.3, -0.25) is 0 Å². The molecule has 2 fully saturated rings. The van der Waals surface area contributed by atoms with Gasteiger partial charge in [0.25, 0.3) is 0 Å². The minimum absolute atomic E-state index is 0.0180. The van der Waals surface area contributed by atoms with Gasteiger partial charge in [-0.15, -0.1) is 0 Å². The molecule has 4 rings (SSSR count). The van der Waals surface area contributed by atoms with Crippen molar-refractivity contribution in [3.05, 3.63) is 48.0 Å². The van der Waals surface area contributed by atoms with Crippen LogP contribution in [0.3, 0.4) is 0 Å². The second-order valence-electron chi connectivity index (χ2n) is 7.92. The minimum atomic E-state index is -5.08. The molecule has 3 atom stereocenters. The van der Waals surface area contributed by atoms with Gasteiger partial charge >= 0.3 is 18.2 Å². The number of aliphatic carboxylic acids is 1. The molecule has 2 amide bonds. The van der Waals surface area contributed by atoms with Crippen LogP contribution < -0.4 is 15.5 Å². The molecule has 0 radical (unpaired) electrons. The van der Waals surface area contributed by atoms with Crippen LogP contribution in [-0.2, 0) is 4.79 Å². The van der Waals surface area contributed by atoms with Crippen LogP contribution in [0.2, 0.25) is 0 Å². The van der Waals surface area contributed by atoms with E-state index in [9.17, 15) is 22.4 Å². The van der Waals surface area contributed by atoms with Gasteiger partial charge in [0.05, 0.1) is 18.1 Å². The maximum atomic E-state index is 14.0. The van der Waals surface area contributed by atoms with Crippen LogP contribution in [0.15, 0.2) is 36.7 Å². The van der Waals surface area contributed by atoms with Gasteiger partial charge < -0.3 is 25.5 Å². The average molecular weight is 484 g/mol. The molecule has 3 heterocycles. The average Bonchev–Trinajstić information content (AvgIpc) is 3.07. The lowest BCUT2D eigenvalue weighted by Gasteiger charge is -2.36. The lowest BCUT2D eigenvalue weighted by molar-refractivity contribution is -0.192. The Kier molecular flexibility index (Phi) is 7.42. The molecule has 3 N–H and O–H groups in total. The van der Waals surface area contributed by atoms with Crippen LogP contribution in [0.25, 0.3) is 0 Å². The Bertz CT molecular complexity index is 1040. The van der Waals surface area contributed by atoms with Crippen LogP contribution in [0, 0.1) is 5.82 Å². The molecule has 0 saturated carbocycles. The van der Waals surface area contributed by atoms with E-state index in [1.807, 2.05) is 26.1 Å². The van der Waals surface area contributed by atoms with Crippen molar-refractivity contribution in [3.63, 3.8) is 0 Å². The molecule has 1 unspecified atom stereocenters. The van der Waals surface area contributed by atoms with Gasteiger partial charge in [-0.05, 0) is 19.4 Å². The quantitative estimate of drug-likeness (QED) is 0.572. The highest BCUT2D eigenvalue weighted by Gasteiger charge is 2.41. The van der Waals surface area contributed by atoms with Crippen molar-refractivity contribution in [2.75, 3.05) is 30.4 Å². The van der Waals surface area contributed by atoms with Crippen LogP contribution in [-0.4, -0.2) is 70.4 Å². The molecule has 2 aromatic rings. The summed E-state index contributed by atoms with van der Waals surface area (Å²) in [4.78, 5) is 33.3. The van der Waals surface area contributed by atoms with Crippen molar-refractivity contribution in [1.82, 2.24) is 20.2 Å². The lowest BCUT2D eigenvalue weighted by Crippen LogP contribution is -2.51. The maximum Gasteiger partial charge on any atom is 0.490 e. The van der Waals surface area contributed by atoms with Gasteiger partial charge in [0, 0.05) is 31.8 Å². The number of rotatable bonds is 4. The fraction of sp³-hybridized carbons (Fsp3) is 0.429. The van der Waals surface area contributed by atoms with Crippen molar-refractivity contribution in [2.24, 2.45) is 0 Å². The number of likely N-dealkylation sites (N-methyl/N-ethyl adjacent to an activating group) is 1. The van der Waals surface area contributed by atoms with Crippen LogP contribution in [0.4, 0.5) is 34.0 Å². The van der Waals surface area contributed by atoms with Gasteiger partial charge in [-0.1, -0.05) is 18.2 Å². The number of carbonyl (C=O) groups is 2. The molecule has 2 aliphatic heterocycles. The van der Waals surface area contributed by atoms with Crippen LogP contribution in [0.1, 0.15) is 24.9 Å². The fourth-order valence-electron chi connectivity index (χ4n) is 3.89. The minimum Gasteiger partial charge on any atom is -0.475 e. The largest absolute Gasteiger partial charge is 0.490 e. The molecule has 0 aliphatic carbocycles. The second-order valence-corrected chi connectivity index (χ2v) is 7.92. The van der Waals surface area contributed by atoms with E-state index in [0.29, 0.717) is 17.9 Å². The zero-order valence-electron chi connectivity index (χ0n) is 18.4. The van der Waals surface area contributed by atoms with Gasteiger partial charge in [-0.2, -0.15) is 13.2 Å². The first-order chi connectivity index (χ1) is 16.0. The molecular formula is C21H24F4N6O3. The second kappa shape index (κ2) is 10.1. The molecule has 9 nitrogen and oxygen atoms in total. The van der Waals surface area contributed by atoms with Gasteiger partial charge in [0.1, 0.15) is 23.8 Å². The van der Waals surface area contributed by atoms with Crippen LogP contribution >= 0.6 is 0 Å². The number of carboxylic acids is 1. The van der Waals surface area contributed by atoms with Crippen molar-refractivity contribution in [3.8, 4) is 0 Å². The number of nitrogens with one attached hydrogen (secondary N) is 2. The third kappa shape index (κ3) is 5.83. The molecule has 13 heteroatoms. The highest BCUT2D eigenvalue weighted by molar-refractivity contribution is 5.77. The summed E-state index contributed by atoms with van der Waals surface area (Å²) in [5, 5.41) is 13.4. The molecule has 184 valence electrons. The number of anilines is 2. The number of aromatic nitrogens is 2. The van der Waals surface area contributed by atoms with Gasteiger partial charge in [0.15, 0.2) is 0 Å². The molecule has 0 spiro atoms. The highest BCUT2D eigenvalue weighted by atomic mass is 19.4. The van der Waals surface area contributed by atoms with Crippen LogP contribution in [0.5, 0.6) is 0 Å². The lowest BCUT2D eigenvalue weighted by atomic mass is 10.0. The third-order valence-electron chi connectivity index (χ3n) is 5.66. The molecule has 34 heavy (non-hydrogen) atoms. The van der Waals surface area contributed by atoms with Gasteiger partial charge in [0.2, 0.25) is 0 Å². The monoisotopic (exact) mass is 484 g/mol. The highest BCUT2D eigenvalue weighted by Crippen LogP contribution is 2.26. The topological polar surface area (TPSA) is 111 Å². The maximum absolute atomic E-state index is 14.0. The molecule has 0 bridgehead atoms. The molecule has 2 aliphatic rings. The summed E-state index contributed by atoms with van der Waals surface area (Å²) in [7, 11) is 1.84. The SMILES string of the molecule is CC(Nc1cc(N2CC[C@@H]3[C@H](C2)NC(=O)N3C)ncn1)c1ccccc1F.O=C(O)C(F)(F)F. The predicted octanol–water partition coefficient (Wildman–Crippen LogP) is 3.02. The number of nitrogens with zero attached hydrogens (tertiary/aromatic N) is 4. The summed E-state index contributed by atoms with van der Waals surface area (Å²) in [6, 6.07) is 8.68. The first-order valence-electron chi connectivity index (χ1n) is 10.4. The summed E-state index contributed by atoms with van der Waals surface area (Å²) < 4.78 is 45.7. The number of urea groups is 1.